The van der Waals surface area contributed by atoms with Crippen LogP contribution < -0.4 is 4.74 Å². The smallest absolute Gasteiger partial charge is 0.246 e. The van der Waals surface area contributed by atoms with Gasteiger partial charge in [-0.25, -0.2) is 4.98 Å². The minimum atomic E-state index is 0.00151. The molecular formula is C25H26N2O2S. The number of likely N-dealkylation sites (N-methyl/N-ethyl adjacent to an activating group) is 1. The number of nitrogens with zero attached hydrogens (tertiary/aromatic N) is 2. The summed E-state index contributed by atoms with van der Waals surface area (Å²) in [5, 5.41) is 3.04. The molecule has 1 aromatic heterocycles. The maximum atomic E-state index is 12.9. The third-order valence-electron chi connectivity index (χ3n) is 5.52. The summed E-state index contributed by atoms with van der Waals surface area (Å²) in [5.74, 6) is 0.750. The third-order valence-corrected chi connectivity index (χ3v) is 6.34. The Bertz CT molecular complexity index is 1060. The van der Waals surface area contributed by atoms with Crippen LogP contribution in [-0.4, -0.2) is 22.8 Å². The summed E-state index contributed by atoms with van der Waals surface area (Å²) in [6, 6.07) is 16.4. The van der Waals surface area contributed by atoms with Crippen LogP contribution in [-0.2, 0) is 17.8 Å². The lowest BCUT2D eigenvalue weighted by Crippen LogP contribution is -2.32. The minimum absolute atomic E-state index is 0.00151. The van der Waals surface area contributed by atoms with Crippen LogP contribution in [0.15, 0.2) is 60.0 Å². The molecule has 2 aromatic carbocycles. The van der Waals surface area contributed by atoms with Crippen molar-refractivity contribution in [2.75, 3.05) is 7.05 Å². The first kappa shape index (κ1) is 20.4. The van der Waals surface area contributed by atoms with Crippen molar-refractivity contribution in [2.45, 2.75) is 38.8 Å². The highest BCUT2D eigenvalue weighted by atomic mass is 32.1. The number of benzene rings is 2. The molecule has 0 saturated heterocycles. The van der Waals surface area contributed by atoms with E-state index in [2.05, 4.69) is 29.2 Å². The van der Waals surface area contributed by atoms with Gasteiger partial charge < -0.3 is 9.64 Å². The predicted molar refractivity (Wildman–Crippen MR) is 122 cm³/mol. The zero-order chi connectivity index (χ0) is 20.9. The molecule has 0 aliphatic heterocycles. The van der Waals surface area contributed by atoms with Gasteiger partial charge in [-0.1, -0.05) is 42.5 Å². The molecule has 0 saturated carbocycles. The summed E-state index contributed by atoms with van der Waals surface area (Å²) in [6.45, 7) is 2.40. The van der Waals surface area contributed by atoms with Gasteiger partial charge in [-0.3, -0.25) is 4.79 Å². The Kier molecular flexibility index (Phi) is 6.29. The summed E-state index contributed by atoms with van der Waals surface area (Å²) in [7, 11) is 1.90. The molecule has 3 aromatic rings. The van der Waals surface area contributed by atoms with Crippen LogP contribution in [0, 0.1) is 6.92 Å². The average molecular weight is 419 g/mol. The van der Waals surface area contributed by atoms with Crippen molar-refractivity contribution in [3.8, 4) is 5.75 Å². The lowest BCUT2D eigenvalue weighted by Gasteiger charge is -2.32. The lowest BCUT2D eigenvalue weighted by molar-refractivity contribution is -0.127. The van der Waals surface area contributed by atoms with E-state index in [1.54, 1.807) is 17.4 Å². The van der Waals surface area contributed by atoms with Crippen LogP contribution in [0.5, 0.6) is 5.75 Å². The Hall–Kier alpha value is -2.92. The number of thiazole rings is 1. The molecule has 0 N–H and O–H groups in total. The fourth-order valence-electron chi connectivity index (χ4n) is 3.94. The molecular weight excluding hydrogens is 392 g/mol. The van der Waals surface area contributed by atoms with Crippen LogP contribution in [0.25, 0.3) is 6.08 Å². The van der Waals surface area contributed by atoms with E-state index in [9.17, 15) is 4.79 Å². The van der Waals surface area contributed by atoms with E-state index in [-0.39, 0.29) is 11.9 Å². The highest BCUT2D eigenvalue weighted by Gasteiger charge is 2.25. The molecule has 1 heterocycles. The summed E-state index contributed by atoms with van der Waals surface area (Å²) < 4.78 is 5.96. The third kappa shape index (κ3) is 4.62. The molecule has 30 heavy (non-hydrogen) atoms. The SMILES string of the molecule is Cc1nc(COc2ccccc2C=CC(=O)N(C)C2CCCc3ccccc32)cs1. The summed E-state index contributed by atoms with van der Waals surface area (Å²) in [6.07, 6.45) is 6.69. The van der Waals surface area contributed by atoms with Crippen LogP contribution in [0.1, 0.15) is 46.3 Å². The Balaban J connectivity index is 1.45. The van der Waals surface area contributed by atoms with E-state index in [0.717, 1.165) is 41.3 Å². The van der Waals surface area contributed by atoms with Crippen LogP contribution in [0.4, 0.5) is 0 Å². The maximum absolute atomic E-state index is 12.9. The second-order valence-electron chi connectivity index (χ2n) is 7.57. The predicted octanol–water partition coefficient (Wildman–Crippen LogP) is 5.58. The quantitative estimate of drug-likeness (QED) is 0.491. The van der Waals surface area contributed by atoms with Crippen molar-refractivity contribution in [2.24, 2.45) is 0 Å². The summed E-state index contributed by atoms with van der Waals surface area (Å²) >= 11 is 1.61. The van der Waals surface area contributed by atoms with Crippen molar-refractivity contribution < 1.29 is 9.53 Å². The standard InChI is InChI=1S/C25H26N2O2S/c1-18-26-21(17-30-18)16-29-24-13-6-4-9-20(24)14-15-25(28)27(2)23-12-7-10-19-8-3-5-11-22(19)23/h3-6,8-9,11,13-15,17,23H,7,10,12,16H2,1-2H3. The van der Waals surface area contributed by atoms with Gasteiger partial charge in [0.05, 0.1) is 16.7 Å². The topological polar surface area (TPSA) is 42.4 Å². The van der Waals surface area contributed by atoms with Gasteiger partial charge in [0.15, 0.2) is 0 Å². The minimum Gasteiger partial charge on any atom is -0.487 e. The zero-order valence-corrected chi connectivity index (χ0v) is 18.2. The zero-order valence-electron chi connectivity index (χ0n) is 17.4. The Morgan fingerprint density at radius 2 is 2.03 bits per heavy atom. The summed E-state index contributed by atoms with van der Waals surface area (Å²) in [4.78, 5) is 19.2. The lowest BCUT2D eigenvalue weighted by atomic mass is 9.87. The molecule has 0 spiro atoms. The molecule has 1 aliphatic carbocycles. The molecule has 154 valence electrons. The number of ether oxygens (including phenoxy) is 1. The van der Waals surface area contributed by atoms with E-state index in [1.807, 2.05) is 54.6 Å². The Morgan fingerprint density at radius 1 is 1.23 bits per heavy atom. The molecule has 0 radical (unpaired) electrons. The average Bonchev–Trinajstić information content (AvgIpc) is 3.20. The summed E-state index contributed by atoms with van der Waals surface area (Å²) in [5.41, 5.74) is 4.43. The van der Waals surface area contributed by atoms with Crippen LogP contribution >= 0.6 is 11.3 Å². The van der Waals surface area contributed by atoms with Gasteiger partial charge in [-0.2, -0.15) is 0 Å². The Labute approximate surface area is 181 Å². The van der Waals surface area contributed by atoms with Gasteiger partial charge in [0.2, 0.25) is 5.91 Å². The second-order valence-corrected chi connectivity index (χ2v) is 8.64. The number of carbonyl (C=O) groups is 1. The van der Waals surface area contributed by atoms with Crippen LogP contribution in [0.2, 0.25) is 0 Å². The van der Waals surface area contributed by atoms with Gasteiger partial charge in [-0.05, 0) is 49.5 Å². The second kappa shape index (κ2) is 9.26. The number of carbonyl (C=O) groups excluding carboxylic acids is 1. The Morgan fingerprint density at radius 3 is 2.87 bits per heavy atom. The molecule has 0 bridgehead atoms. The van der Waals surface area contributed by atoms with Gasteiger partial charge >= 0.3 is 0 Å². The van der Waals surface area contributed by atoms with Crippen molar-refractivity contribution in [3.05, 3.63) is 87.4 Å². The maximum Gasteiger partial charge on any atom is 0.246 e. The van der Waals surface area contributed by atoms with E-state index in [0.29, 0.717) is 6.61 Å². The molecule has 4 nitrogen and oxygen atoms in total. The first-order valence-corrected chi connectivity index (χ1v) is 11.2. The molecule has 0 fully saturated rings. The molecule has 4 rings (SSSR count). The van der Waals surface area contributed by atoms with E-state index in [4.69, 9.17) is 4.74 Å². The van der Waals surface area contributed by atoms with Gasteiger partial charge in [0, 0.05) is 24.1 Å². The van der Waals surface area contributed by atoms with Gasteiger partial charge in [-0.15, -0.1) is 11.3 Å². The first-order chi connectivity index (χ1) is 14.6. The number of para-hydroxylation sites is 1. The number of hydrogen-bond donors (Lipinski definition) is 0. The van der Waals surface area contributed by atoms with Crippen LogP contribution in [0.3, 0.4) is 0 Å². The van der Waals surface area contributed by atoms with Gasteiger partial charge in [0.1, 0.15) is 12.4 Å². The van der Waals surface area contributed by atoms with Gasteiger partial charge in [0.25, 0.3) is 0 Å². The number of rotatable bonds is 6. The highest BCUT2D eigenvalue weighted by molar-refractivity contribution is 7.09. The largest absolute Gasteiger partial charge is 0.487 e. The van der Waals surface area contributed by atoms with E-state index < -0.39 is 0 Å². The fourth-order valence-corrected chi connectivity index (χ4v) is 4.54. The molecule has 1 atom stereocenters. The van der Waals surface area contributed by atoms with E-state index in [1.165, 1.54) is 11.1 Å². The fraction of sp³-hybridized carbons (Fsp3) is 0.280. The molecule has 1 unspecified atom stereocenters. The van der Waals surface area contributed by atoms with Crippen molar-refractivity contribution in [1.82, 2.24) is 9.88 Å². The number of fused-ring (bicyclic) bond motifs is 1. The van der Waals surface area contributed by atoms with Crippen molar-refractivity contribution in [1.29, 1.82) is 0 Å². The molecule has 1 aliphatic rings. The van der Waals surface area contributed by atoms with Crippen molar-refractivity contribution >= 4 is 23.3 Å². The first-order valence-electron chi connectivity index (χ1n) is 10.3. The van der Waals surface area contributed by atoms with Crippen molar-refractivity contribution in [3.63, 3.8) is 0 Å². The molecule has 1 amide bonds. The number of hydrogen-bond acceptors (Lipinski definition) is 4. The number of amides is 1. The number of aryl methyl sites for hydroxylation is 2. The highest BCUT2D eigenvalue weighted by Crippen LogP contribution is 2.33. The number of aromatic nitrogens is 1. The van der Waals surface area contributed by atoms with E-state index >= 15 is 0 Å². The normalized spacial score (nSPS) is 15.7. The monoisotopic (exact) mass is 418 g/mol. The molecule has 5 heteroatoms.